The summed E-state index contributed by atoms with van der Waals surface area (Å²) >= 11 is 0. The van der Waals surface area contributed by atoms with Gasteiger partial charge in [-0.2, -0.15) is 0 Å². The largest absolute Gasteiger partial charge is 0.496 e. The lowest BCUT2D eigenvalue weighted by atomic mass is 9.97. The van der Waals surface area contributed by atoms with Gasteiger partial charge in [0.15, 0.2) is 0 Å². The van der Waals surface area contributed by atoms with Crippen LogP contribution < -0.4 is 10.1 Å². The first kappa shape index (κ1) is 18.2. The van der Waals surface area contributed by atoms with Crippen molar-refractivity contribution in [3.05, 3.63) is 29.8 Å². The number of ether oxygens (including phenoxy) is 1. The van der Waals surface area contributed by atoms with Gasteiger partial charge in [0.25, 0.3) is 0 Å². The molecule has 1 aromatic rings. The number of nitrogens with zero attached hydrogens (tertiary/aromatic N) is 2. The van der Waals surface area contributed by atoms with Crippen molar-refractivity contribution in [1.29, 1.82) is 0 Å². The van der Waals surface area contributed by atoms with Crippen LogP contribution in [-0.4, -0.2) is 61.1 Å². The number of piperidine rings is 1. The Hall–Kier alpha value is -1.59. The topological polar surface area (TPSA) is 44.8 Å². The Morgan fingerprint density at radius 3 is 2.84 bits per heavy atom. The first-order valence-corrected chi connectivity index (χ1v) is 9.54. The predicted molar refractivity (Wildman–Crippen MR) is 99.7 cm³/mol. The molecule has 2 heterocycles. The van der Waals surface area contributed by atoms with Crippen molar-refractivity contribution in [1.82, 2.24) is 15.1 Å². The first-order valence-electron chi connectivity index (χ1n) is 9.54. The molecule has 0 unspecified atom stereocenters. The van der Waals surface area contributed by atoms with Gasteiger partial charge in [-0.3, -0.25) is 14.6 Å². The molecule has 0 bridgehead atoms. The SMILES string of the molecule is COc1ccccc1CNC(=O)CCN1CC(N2CCCC[C@@H]2C)C1. The van der Waals surface area contributed by atoms with Crippen LogP contribution in [0.2, 0.25) is 0 Å². The molecule has 0 radical (unpaired) electrons. The molecule has 0 aromatic heterocycles. The number of benzene rings is 1. The number of nitrogens with one attached hydrogen (secondary N) is 1. The van der Waals surface area contributed by atoms with E-state index in [1.807, 2.05) is 24.3 Å². The fourth-order valence-corrected chi connectivity index (χ4v) is 3.99. The zero-order valence-electron chi connectivity index (χ0n) is 15.5. The monoisotopic (exact) mass is 345 g/mol. The van der Waals surface area contributed by atoms with Crippen LogP contribution >= 0.6 is 0 Å². The molecule has 2 aliphatic rings. The zero-order valence-corrected chi connectivity index (χ0v) is 15.5. The van der Waals surface area contributed by atoms with Crippen LogP contribution in [0.5, 0.6) is 5.75 Å². The van der Waals surface area contributed by atoms with Gasteiger partial charge in [0.05, 0.1) is 7.11 Å². The molecule has 0 aliphatic carbocycles. The number of amides is 1. The van der Waals surface area contributed by atoms with E-state index in [9.17, 15) is 4.79 Å². The molecule has 1 atom stereocenters. The molecule has 5 nitrogen and oxygen atoms in total. The van der Waals surface area contributed by atoms with Gasteiger partial charge in [-0.15, -0.1) is 0 Å². The number of likely N-dealkylation sites (tertiary alicyclic amines) is 2. The van der Waals surface area contributed by atoms with Crippen LogP contribution in [0.15, 0.2) is 24.3 Å². The van der Waals surface area contributed by atoms with Crippen molar-refractivity contribution >= 4 is 5.91 Å². The quantitative estimate of drug-likeness (QED) is 0.823. The Balaban J connectivity index is 1.34. The van der Waals surface area contributed by atoms with Gasteiger partial charge in [-0.1, -0.05) is 24.6 Å². The van der Waals surface area contributed by atoms with E-state index in [1.165, 1.54) is 25.8 Å². The predicted octanol–water partition coefficient (Wildman–Crippen LogP) is 2.26. The minimum Gasteiger partial charge on any atom is -0.496 e. The summed E-state index contributed by atoms with van der Waals surface area (Å²) < 4.78 is 5.32. The van der Waals surface area contributed by atoms with Gasteiger partial charge in [0.2, 0.25) is 5.91 Å². The van der Waals surface area contributed by atoms with E-state index in [4.69, 9.17) is 4.74 Å². The van der Waals surface area contributed by atoms with E-state index in [-0.39, 0.29) is 5.91 Å². The highest BCUT2D eigenvalue weighted by molar-refractivity contribution is 5.76. The Kier molecular flexibility index (Phi) is 6.32. The first-order chi connectivity index (χ1) is 12.2. The summed E-state index contributed by atoms with van der Waals surface area (Å²) in [6.07, 6.45) is 4.62. The molecular formula is C20H31N3O2. The van der Waals surface area contributed by atoms with Crippen molar-refractivity contribution in [2.75, 3.05) is 33.3 Å². The number of hydrogen-bond donors (Lipinski definition) is 1. The second kappa shape index (κ2) is 8.68. The third kappa shape index (κ3) is 4.73. The summed E-state index contributed by atoms with van der Waals surface area (Å²) in [7, 11) is 1.66. The molecule has 1 amide bonds. The van der Waals surface area contributed by atoms with Crippen LogP contribution in [0, 0.1) is 0 Å². The van der Waals surface area contributed by atoms with E-state index in [0.717, 1.165) is 37.0 Å². The number of rotatable bonds is 7. The summed E-state index contributed by atoms with van der Waals surface area (Å²) in [4.78, 5) is 17.2. The molecule has 0 saturated carbocycles. The van der Waals surface area contributed by atoms with Crippen molar-refractivity contribution in [2.45, 2.75) is 51.2 Å². The molecule has 25 heavy (non-hydrogen) atoms. The Morgan fingerprint density at radius 1 is 1.28 bits per heavy atom. The van der Waals surface area contributed by atoms with Crippen molar-refractivity contribution < 1.29 is 9.53 Å². The number of para-hydroxylation sites is 1. The van der Waals surface area contributed by atoms with Crippen LogP contribution in [0.25, 0.3) is 0 Å². The second-order valence-corrected chi connectivity index (χ2v) is 7.33. The number of hydrogen-bond acceptors (Lipinski definition) is 4. The summed E-state index contributed by atoms with van der Waals surface area (Å²) in [6.45, 7) is 7.22. The highest BCUT2D eigenvalue weighted by Crippen LogP contribution is 2.24. The molecule has 2 aliphatic heterocycles. The summed E-state index contributed by atoms with van der Waals surface area (Å²) in [5, 5.41) is 3.00. The van der Waals surface area contributed by atoms with E-state index >= 15 is 0 Å². The average Bonchev–Trinajstić information content (AvgIpc) is 2.60. The molecule has 1 aromatic carbocycles. The van der Waals surface area contributed by atoms with Gasteiger partial charge < -0.3 is 10.1 Å². The number of carbonyl (C=O) groups excluding carboxylic acids is 1. The molecular weight excluding hydrogens is 314 g/mol. The Bertz CT molecular complexity index is 572. The van der Waals surface area contributed by atoms with Gasteiger partial charge in [0.1, 0.15) is 5.75 Å². The summed E-state index contributed by atoms with van der Waals surface area (Å²) in [5.41, 5.74) is 1.02. The molecule has 2 fully saturated rings. The van der Waals surface area contributed by atoms with Gasteiger partial charge in [-0.05, 0) is 32.4 Å². The number of carbonyl (C=O) groups is 1. The van der Waals surface area contributed by atoms with Gasteiger partial charge in [0, 0.05) is 50.2 Å². The maximum Gasteiger partial charge on any atom is 0.221 e. The van der Waals surface area contributed by atoms with Crippen molar-refractivity contribution in [3.63, 3.8) is 0 Å². The van der Waals surface area contributed by atoms with Crippen LogP contribution in [0.1, 0.15) is 38.2 Å². The Labute approximate surface area is 151 Å². The van der Waals surface area contributed by atoms with Gasteiger partial charge >= 0.3 is 0 Å². The highest BCUT2D eigenvalue weighted by atomic mass is 16.5. The standard InChI is InChI=1S/C20H31N3O2/c1-16-7-5-6-11-23(16)18-14-22(15-18)12-10-20(24)21-13-17-8-3-4-9-19(17)25-2/h3-4,8-9,16,18H,5-7,10-15H2,1-2H3,(H,21,24)/t16-/m0/s1. The average molecular weight is 345 g/mol. The fraction of sp³-hybridized carbons (Fsp3) is 0.650. The lowest BCUT2D eigenvalue weighted by Crippen LogP contribution is -2.62. The minimum absolute atomic E-state index is 0.112. The minimum atomic E-state index is 0.112. The molecule has 5 heteroatoms. The lowest BCUT2D eigenvalue weighted by Gasteiger charge is -2.49. The van der Waals surface area contributed by atoms with E-state index < -0.39 is 0 Å². The Morgan fingerprint density at radius 2 is 2.08 bits per heavy atom. The third-order valence-electron chi connectivity index (χ3n) is 5.58. The normalized spacial score (nSPS) is 22.4. The number of methoxy groups -OCH3 is 1. The van der Waals surface area contributed by atoms with Gasteiger partial charge in [-0.25, -0.2) is 0 Å². The maximum atomic E-state index is 12.1. The van der Waals surface area contributed by atoms with E-state index in [2.05, 4.69) is 22.0 Å². The smallest absolute Gasteiger partial charge is 0.221 e. The van der Waals surface area contributed by atoms with Crippen LogP contribution in [0.3, 0.4) is 0 Å². The molecule has 2 saturated heterocycles. The molecule has 1 N–H and O–H groups in total. The van der Waals surface area contributed by atoms with E-state index in [0.29, 0.717) is 19.0 Å². The summed E-state index contributed by atoms with van der Waals surface area (Å²) in [5.74, 6) is 0.935. The lowest BCUT2D eigenvalue weighted by molar-refractivity contribution is -0.122. The zero-order chi connectivity index (χ0) is 17.6. The second-order valence-electron chi connectivity index (χ2n) is 7.33. The molecule has 3 rings (SSSR count). The molecule has 138 valence electrons. The third-order valence-corrected chi connectivity index (χ3v) is 5.58. The molecule has 0 spiro atoms. The van der Waals surface area contributed by atoms with Crippen molar-refractivity contribution in [2.24, 2.45) is 0 Å². The van der Waals surface area contributed by atoms with Crippen LogP contribution in [0.4, 0.5) is 0 Å². The van der Waals surface area contributed by atoms with Crippen molar-refractivity contribution in [3.8, 4) is 5.75 Å². The van der Waals surface area contributed by atoms with Crippen LogP contribution in [-0.2, 0) is 11.3 Å². The fourth-order valence-electron chi connectivity index (χ4n) is 3.99. The van der Waals surface area contributed by atoms with E-state index in [1.54, 1.807) is 7.11 Å². The summed E-state index contributed by atoms with van der Waals surface area (Å²) in [6, 6.07) is 9.23. The maximum absolute atomic E-state index is 12.1. The highest BCUT2D eigenvalue weighted by Gasteiger charge is 2.34.